The Balaban J connectivity index is 1.85. The summed E-state index contributed by atoms with van der Waals surface area (Å²) in [5.41, 5.74) is 2.07. The molecule has 4 rings (SSSR count). The van der Waals surface area contributed by atoms with Crippen molar-refractivity contribution in [1.82, 2.24) is 14.3 Å². The van der Waals surface area contributed by atoms with E-state index in [-0.39, 0.29) is 11.3 Å². The molecule has 0 aliphatic rings. The number of nitrogens with zero attached hydrogens (tertiary/aromatic N) is 3. The van der Waals surface area contributed by atoms with Gasteiger partial charge in [0.2, 0.25) is 5.75 Å². The summed E-state index contributed by atoms with van der Waals surface area (Å²) in [7, 11) is 6.10. The van der Waals surface area contributed by atoms with Gasteiger partial charge in [0.05, 0.1) is 29.8 Å². The highest BCUT2D eigenvalue weighted by Crippen LogP contribution is 2.39. The van der Waals surface area contributed by atoms with Crippen LogP contribution in [0.4, 0.5) is 4.79 Å². The Morgan fingerprint density at radius 2 is 1.80 bits per heavy atom. The lowest BCUT2D eigenvalue weighted by atomic mass is 10.1. The van der Waals surface area contributed by atoms with Gasteiger partial charge in [-0.05, 0) is 35.9 Å². The maximum atomic E-state index is 13.0. The molecular weight excluding hydrogens is 406 g/mol. The van der Waals surface area contributed by atoms with E-state index in [0.717, 1.165) is 11.0 Å². The van der Waals surface area contributed by atoms with E-state index in [1.807, 2.05) is 24.3 Å². The molecule has 154 valence electrons. The monoisotopic (exact) mass is 425 g/mol. The predicted octanol–water partition coefficient (Wildman–Crippen LogP) is 2.53. The topological polar surface area (TPSA) is 82.4 Å². The van der Waals surface area contributed by atoms with Gasteiger partial charge < -0.3 is 19.1 Å². The molecule has 9 heteroatoms. The summed E-state index contributed by atoms with van der Waals surface area (Å²) in [6, 6.07) is 10.9. The lowest BCUT2D eigenvalue weighted by Crippen LogP contribution is -2.25. The number of carbonyl (C=O) groups is 1. The Hall–Kier alpha value is -3.59. The van der Waals surface area contributed by atoms with Gasteiger partial charge in [0.1, 0.15) is 0 Å². The minimum Gasteiger partial charge on any atom is -0.493 e. The molecule has 8 nitrogen and oxygen atoms in total. The molecular formula is C21H19N3O5S. The molecule has 0 saturated heterocycles. The zero-order chi connectivity index (χ0) is 21.4. The summed E-state index contributed by atoms with van der Waals surface area (Å²) in [6.45, 7) is 0. The van der Waals surface area contributed by atoms with Crippen molar-refractivity contribution in [3.63, 3.8) is 0 Å². The summed E-state index contributed by atoms with van der Waals surface area (Å²) >= 11 is 1.30. The second kappa shape index (κ2) is 7.68. The van der Waals surface area contributed by atoms with Crippen molar-refractivity contribution in [3.05, 3.63) is 56.8 Å². The van der Waals surface area contributed by atoms with Crippen LogP contribution in [0.1, 0.15) is 5.56 Å². The molecule has 30 heavy (non-hydrogen) atoms. The Morgan fingerprint density at radius 1 is 1.13 bits per heavy atom. The lowest BCUT2D eigenvalue weighted by molar-refractivity contribution is 0.168. The van der Waals surface area contributed by atoms with Crippen LogP contribution in [0.15, 0.2) is 41.2 Å². The second-order valence-corrected chi connectivity index (χ2v) is 7.66. The van der Waals surface area contributed by atoms with Crippen molar-refractivity contribution < 1.29 is 19.0 Å². The molecule has 0 atom stereocenters. The first-order chi connectivity index (χ1) is 14.4. The molecule has 2 heterocycles. The molecule has 0 fully saturated rings. The Bertz CT molecular complexity index is 1350. The van der Waals surface area contributed by atoms with Crippen molar-refractivity contribution >= 4 is 39.5 Å². The number of fused-ring (bicyclic) bond motifs is 3. The fourth-order valence-corrected chi connectivity index (χ4v) is 4.01. The van der Waals surface area contributed by atoms with Crippen LogP contribution in [0.25, 0.3) is 22.1 Å². The summed E-state index contributed by atoms with van der Waals surface area (Å²) < 4.78 is 18.3. The summed E-state index contributed by atoms with van der Waals surface area (Å²) in [5.74, 6) is 0.801. The first-order valence-electron chi connectivity index (χ1n) is 8.99. The zero-order valence-corrected chi connectivity index (χ0v) is 17.6. The number of ether oxygens (including phenoxy) is 3. The number of hydrogen-bond donors (Lipinski definition) is 0. The molecule has 0 saturated carbocycles. The summed E-state index contributed by atoms with van der Waals surface area (Å²) in [5, 5.41) is 0. The van der Waals surface area contributed by atoms with Gasteiger partial charge in [-0.2, -0.15) is 0 Å². The quantitative estimate of drug-likeness (QED) is 0.500. The van der Waals surface area contributed by atoms with Gasteiger partial charge >= 0.3 is 6.09 Å². The van der Waals surface area contributed by atoms with Crippen LogP contribution in [0.2, 0.25) is 0 Å². The molecule has 0 aliphatic carbocycles. The van der Waals surface area contributed by atoms with Crippen LogP contribution in [0.3, 0.4) is 0 Å². The van der Waals surface area contributed by atoms with Crippen LogP contribution in [0, 0.1) is 0 Å². The zero-order valence-electron chi connectivity index (χ0n) is 16.8. The van der Waals surface area contributed by atoms with Gasteiger partial charge in [0.25, 0.3) is 5.56 Å². The van der Waals surface area contributed by atoms with Crippen LogP contribution in [-0.4, -0.2) is 48.7 Å². The third-order valence-electron chi connectivity index (χ3n) is 4.48. The highest BCUT2D eigenvalue weighted by Gasteiger charge is 2.19. The Morgan fingerprint density at radius 3 is 2.43 bits per heavy atom. The fraction of sp³-hybridized carbons (Fsp3) is 0.190. The molecule has 0 spiro atoms. The number of amides is 1. The van der Waals surface area contributed by atoms with E-state index in [4.69, 9.17) is 14.2 Å². The standard InChI is InChI=1S/C21H19N3O5S/c1-23(2)21(26)29-18-15(27-3)9-12(10-16(18)28-4)11-17-19(25)24-14-8-6-5-7-13(14)22-20(24)30-17/h5-11H,1-4H3/b17-11-. The van der Waals surface area contributed by atoms with Crippen LogP contribution in [0.5, 0.6) is 17.2 Å². The molecule has 4 aromatic rings. The molecule has 0 unspecified atom stereocenters. The largest absolute Gasteiger partial charge is 0.493 e. The van der Waals surface area contributed by atoms with Gasteiger partial charge in [-0.25, -0.2) is 14.2 Å². The van der Waals surface area contributed by atoms with E-state index in [0.29, 0.717) is 26.6 Å². The number of rotatable bonds is 4. The number of para-hydroxylation sites is 2. The molecule has 1 amide bonds. The van der Waals surface area contributed by atoms with E-state index in [1.165, 1.54) is 30.5 Å². The molecule has 2 aromatic carbocycles. The fourth-order valence-electron chi connectivity index (χ4n) is 3.03. The molecule has 0 bridgehead atoms. The van der Waals surface area contributed by atoms with E-state index in [1.54, 1.807) is 36.7 Å². The van der Waals surface area contributed by atoms with Gasteiger partial charge in [-0.3, -0.25) is 4.79 Å². The molecule has 0 radical (unpaired) electrons. The predicted molar refractivity (Wildman–Crippen MR) is 115 cm³/mol. The number of imidazole rings is 1. The van der Waals surface area contributed by atoms with Gasteiger partial charge in [0.15, 0.2) is 16.5 Å². The Labute approximate surface area is 175 Å². The summed E-state index contributed by atoms with van der Waals surface area (Å²) in [4.78, 5) is 31.4. The first kappa shape index (κ1) is 19.7. The second-order valence-electron chi connectivity index (χ2n) is 6.65. The van der Waals surface area contributed by atoms with Gasteiger partial charge in [-0.1, -0.05) is 23.5 Å². The van der Waals surface area contributed by atoms with Gasteiger partial charge in [0, 0.05) is 14.1 Å². The number of benzene rings is 2. The van der Waals surface area contributed by atoms with Crippen molar-refractivity contribution in [2.45, 2.75) is 0 Å². The van der Waals surface area contributed by atoms with Crippen molar-refractivity contribution in [2.75, 3.05) is 28.3 Å². The van der Waals surface area contributed by atoms with E-state index >= 15 is 0 Å². The minimum atomic E-state index is -0.559. The maximum absolute atomic E-state index is 13.0. The average molecular weight is 425 g/mol. The number of hydrogen-bond acceptors (Lipinski definition) is 7. The normalized spacial score (nSPS) is 11.8. The Kier molecular flexibility index (Phi) is 5.04. The number of methoxy groups -OCH3 is 2. The van der Waals surface area contributed by atoms with Crippen molar-refractivity contribution in [3.8, 4) is 17.2 Å². The van der Waals surface area contributed by atoms with E-state index in [9.17, 15) is 9.59 Å². The van der Waals surface area contributed by atoms with Crippen LogP contribution in [-0.2, 0) is 0 Å². The highest BCUT2D eigenvalue weighted by molar-refractivity contribution is 7.15. The van der Waals surface area contributed by atoms with Gasteiger partial charge in [-0.15, -0.1) is 0 Å². The third kappa shape index (κ3) is 3.33. The third-order valence-corrected chi connectivity index (χ3v) is 5.45. The minimum absolute atomic E-state index is 0.148. The maximum Gasteiger partial charge on any atom is 0.414 e. The van der Waals surface area contributed by atoms with Crippen molar-refractivity contribution in [1.29, 1.82) is 0 Å². The smallest absolute Gasteiger partial charge is 0.414 e. The number of carbonyl (C=O) groups excluding carboxylic acids is 1. The highest BCUT2D eigenvalue weighted by atomic mass is 32.1. The van der Waals surface area contributed by atoms with E-state index < -0.39 is 6.09 Å². The SMILES string of the molecule is COc1cc(/C=c2\sc3nc4ccccc4n3c2=O)cc(OC)c1OC(=O)N(C)C. The molecule has 0 aliphatic heterocycles. The average Bonchev–Trinajstić information content (AvgIpc) is 3.24. The molecule has 2 aromatic heterocycles. The van der Waals surface area contributed by atoms with E-state index in [2.05, 4.69) is 4.98 Å². The molecule has 0 N–H and O–H groups in total. The van der Waals surface area contributed by atoms with Crippen LogP contribution < -0.4 is 24.3 Å². The summed E-state index contributed by atoms with van der Waals surface area (Å²) in [6.07, 6.45) is 1.18. The first-order valence-corrected chi connectivity index (χ1v) is 9.81. The van der Waals surface area contributed by atoms with Crippen molar-refractivity contribution in [2.24, 2.45) is 0 Å². The number of aromatic nitrogens is 2. The lowest BCUT2D eigenvalue weighted by Gasteiger charge is -2.16. The number of thiazole rings is 1. The van der Waals surface area contributed by atoms with Crippen LogP contribution >= 0.6 is 11.3 Å².